The smallest absolute Gasteiger partial charge is 0.204 e. The summed E-state index contributed by atoms with van der Waals surface area (Å²) in [5, 5.41) is 9.08. The van der Waals surface area contributed by atoms with E-state index in [0.29, 0.717) is 12.8 Å². The van der Waals surface area contributed by atoms with Gasteiger partial charge in [-0.15, -0.1) is 0 Å². The molecule has 1 rings (SSSR count). The van der Waals surface area contributed by atoms with Gasteiger partial charge in [0.15, 0.2) is 23.2 Å². The number of methoxy groups -OCH3 is 1. The number of aromatic hydroxyl groups is 1. The molecule has 7 heteroatoms. The lowest BCUT2D eigenvalue weighted by molar-refractivity contribution is 0.232. The Labute approximate surface area is 156 Å². The summed E-state index contributed by atoms with van der Waals surface area (Å²) in [6.45, 7) is 10.4. The molecule has 0 aliphatic rings. The third-order valence-electron chi connectivity index (χ3n) is 4.20. The van der Waals surface area contributed by atoms with Gasteiger partial charge in [-0.1, -0.05) is 27.0 Å². The first-order valence-electron chi connectivity index (χ1n) is 8.37. The molecule has 0 aliphatic heterocycles. The van der Waals surface area contributed by atoms with Gasteiger partial charge in [0.05, 0.1) is 13.7 Å². The van der Waals surface area contributed by atoms with Crippen LogP contribution in [0.2, 0.25) is 0 Å². The standard InChI is InChI=1S/C20H24F4O3/c1-11(10-27-16-9-8-15(25)19(23)20(16)24)6-7-12(2)13(3)17(21)18(22)14(4)26-5/h8-9,11-12,25H,3-4,6-7,10H2,1-2,5H3/b18-17-. The van der Waals surface area contributed by atoms with Crippen molar-refractivity contribution in [3.05, 3.63) is 59.9 Å². The number of benzene rings is 1. The fourth-order valence-electron chi connectivity index (χ4n) is 2.23. The molecule has 0 aliphatic carbocycles. The van der Waals surface area contributed by atoms with Crippen LogP contribution >= 0.6 is 0 Å². The SMILES string of the molecule is C=C(OC)/C(F)=C(/F)C(=C)C(C)CCC(C)COc1ccc(O)c(F)c1F. The predicted octanol–water partition coefficient (Wildman–Crippen LogP) is 5.97. The highest BCUT2D eigenvalue weighted by molar-refractivity contribution is 5.34. The Hall–Kier alpha value is -2.44. The van der Waals surface area contributed by atoms with E-state index < -0.39 is 34.8 Å². The summed E-state index contributed by atoms with van der Waals surface area (Å²) in [6.07, 6.45) is 1.04. The third kappa shape index (κ3) is 6.05. The number of phenols is 1. The number of hydrogen-bond donors (Lipinski definition) is 1. The number of rotatable bonds is 10. The molecule has 0 spiro atoms. The van der Waals surface area contributed by atoms with Gasteiger partial charge in [0.25, 0.3) is 0 Å². The fraction of sp³-hybridized carbons (Fsp3) is 0.400. The second kappa shape index (κ2) is 10.0. The van der Waals surface area contributed by atoms with E-state index in [4.69, 9.17) is 9.84 Å². The average Bonchev–Trinajstić information content (AvgIpc) is 2.67. The van der Waals surface area contributed by atoms with Crippen molar-refractivity contribution in [3.63, 3.8) is 0 Å². The van der Waals surface area contributed by atoms with Gasteiger partial charge in [-0.05, 0) is 42.4 Å². The zero-order chi connectivity index (χ0) is 20.7. The van der Waals surface area contributed by atoms with E-state index in [0.717, 1.165) is 12.1 Å². The third-order valence-corrected chi connectivity index (χ3v) is 4.20. The van der Waals surface area contributed by atoms with Gasteiger partial charge in [0, 0.05) is 0 Å². The first-order chi connectivity index (χ1) is 12.6. The van der Waals surface area contributed by atoms with Crippen LogP contribution in [0.3, 0.4) is 0 Å². The predicted molar refractivity (Wildman–Crippen MR) is 95.6 cm³/mol. The Bertz CT molecular complexity index is 728. The second-order valence-electron chi connectivity index (χ2n) is 6.39. The van der Waals surface area contributed by atoms with Crippen molar-refractivity contribution in [1.29, 1.82) is 0 Å². The van der Waals surface area contributed by atoms with Crippen LogP contribution in [0.5, 0.6) is 11.5 Å². The minimum atomic E-state index is -1.37. The number of halogens is 4. The lowest BCUT2D eigenvalue weighted by atomic mass is 9.92. The molecule has 2 atom stereocenters. The normalized spacial score (nSPS) is 14.2. The van der Waals surface area contributed by atoms with Crippen molar-refractivity contribution in [2.24, 2.45) is 11.8 Å². The zero-order valence-corrected chi connectivity index (χ0v) is 15.6. The Balaban J connectivity index is 2.57. The molecule has 0 radical (unpaired) electrons. The van der Waals surface area contributed by atoms with Crippen LogP contribution in [0.4, 0.5) is 17.6 Å². The molecule has 150 valence electrons. The Morgan fingerprint density at radius 1 is 1.07 bits per heavy atom. The van der Waals surface area contributed by atoms with Crippen molar-refractivity contribution in [3.8, 4) is 11.5 Å². The van der Waals surface area contributed by atoms with Gasteiger partial charge in [-0.2, -0.15) is 13.2 Å². The van der Waals surface area contributed by atoms with Gasteiger partial charge in [-0.3, -0.25) is 0 Å². The number of ether oxygens (including phenoxy) is 2. The molecule has 0 fully saturated rings. The lowest BCUT2D eigenvalue weighted by Crippen LogP contribution is -2.12. The molecule has 0 saturated heterocycles. The molecule has 1 N–H and O–H groups in total. The molecule has 0 heterocycles. The first-order valence-corrected chi connectivity index (χ1v) is 8.37. The van der Waals surface area contributed by atoms with Crippen LogP contribution in [-0.2, 0) is 4.74 Å². The summed E-state index contributed by atoms with van der Waals surface area (Å²) in [4.78, 5) is 0. The van der Waals surface area contributed by atoms with E-state index in [1.807, 2.05) is 6.92 Å². The fourth-order valence-corrected chi connectivity index (χ4v) is 2.23. The highest BCUT2D eigenvalue weighted by atomic mass is 19.2. The molecule has 27 heavy (non-hydrogen) atoms. The average molecular weight is 388 g/mol. The Kier molecular flexibility index (Phi) is 8.40. The molecule has 0 bridgehead atoms. The van der Waals surface area contributed by atoms with Crippen LogP contribution < -0.4 is 4.74 Å². The van der Waals surface area contributed by atoms with Crippen molar-refractivity contribution in [2.75, 3.05) is 13.7 Å². The van der Waals surface area contributed by atoms with Crippen LogP contribution in [0.15, 0.2) is 48.3 Å². The van der Waals surface area contributed by atoms with Gasteiger partial charge < -0.3 is 14.6 Å². The monoisotopic (exact) mass is 388 g/mol. The molecule has 1 aromatic carbocycles. The van der Waals surface area contributed by atoms with Crippen molar-refractivity contribution in [1.82, 2.24) is 0 Å². The molecule has 3 nitrogen and oxygen atoms in total. The second-order valence-corrected chi connectivity index (χ2v) is 6.39. The van der Waals surface area contributed by atoms with E-state index in [1.165, 1.54) is 7.11 Å². The van der Waals surface area contributed by atoms with Crippen molar-refractivity contribution < 1.29 is 32.1 Å². The number of phenolic OH excluding ortho intramolecular Hbond substituents is 1. The summed E-state index contributed by atoms with van der Waals surface area (Å²) in [6, 6.07) is 2.14. The molecule has 0 aromatic heterocycles. The van der Waals surface area contributed by atoms with E-state index in [2.05, 4.69) is 17.9 Å². The maximum absolute atomic E-state index is 14.0. The zero-order valence-electron chi connectivity index (χ0n) is 15.6. The topological polar surface area (TPSA) is 38.7 Å². The number of allylic oxidation sites excluding steroid dienone is 3. The molecule has 1 aromatic rings. The van der Waals surface area contributed by atoms with Crippen LogP contribution in [0, 0.1) is 23.5 Å². The van der Waals surface area contributed by atoms with E-state index in [-0.39, 0.29) is 29.8 Å². The maximum Gasteiger partial charge on any atom is 0.204 e. The van der Waals surface area contributed by atoms with E-state index in [9.17, 15) is 17.6 Å². The summed E-state index contributed by atoms with van der Waals surface area (Å²) in [7, 11) is 1.19. The van der Waals surface area contributed by atoms with Gasteiger partial charge in [0.1, 0.15) is 5.76 Å². The van der Waals surface area contributed by atoms with Gasteiger partial charge in [0.2, 0.25) is 11.6 Å². The summed E-state index contributed by atoms with van der Waals surface area (Å²) in [5.41, 5.74) is -0.00883. The van der Waals surface area contributed by atoms with E-state index >= 15 is 0 Å². The van der Waals surface area contributed by atoms with Crippen LogP contribution in [-0.4, -0.2) is 18.8 Å². The lowest BCUT2D eigenvalue weighted by Gasteiger charge is -2.18. The molecule has 0 saturated carbocycles. The van der Waals surface area contributed by atoms with Crippen molar-refractivity contribution in [2.45, 2.75) is 26.7 Å². The summed E-state index contributed by atoms with van der Waals surface area (Å²) < 4.78 is 64.5. The molecule has 2 unspecified atom stereocenters. The highest BCUT2D eigenvalue weighted by Crippen LogP contribution is 2.30. The highest BCUT2D eigenvalue weighted by Gasteiger charge is 2.20. The minimum Gasteiger partial charge on any atom is -0.505 e. The van der Waals surface area contributed by atoms with Crippen LogP contribution in [0.25, 0.3) is 0 Å². The first kappa shape index (κ1) is 22.6. The van der Waals surface area contributed by atoms with Crippen molar-refractivity contribution >= 4 is 0 Å². The Morgan fingerprint density at radius 2 is 1.70 bits per heavy atom. The Morgan fingerprint density at radius 3 is 2.30 bits per heavy atom. The van der Waals surface area contributed by atoms with Crippen LogP contribution in [0.1, 0.15) is 26.7 Å². The summed E-state index contributed by atoms with van der Waals surface area (Å²) >= 11 is 0. The quantitative estimate of drug-likeness (QED) is 0.305. The van der Waals surface area contributed by atoms with E-state index in [1.54, 1.807) is 6.92 Å². The van der Waals surface area contributed by atoms with Gasteiger partial charge >= 0.3 is 0 Å². The summed E-state index contributed by atoms with van der Waals surface area (Å²) in [5.74, 6) is -6.84. The molecular formula is C20H24F4O3. The minimum absolute atomic E-state index is 0.00883. The number of hydrogen-bond acceptors (Lipinski definition) is 3. The maximum atomic E-state index is 14.0. The molecular weight excluding hydrogens is 364 g/mol. The largest absolute Gasteiger partial charge is 0.505 e. The molecule has 0 amide bonds. The van der Waals surface area contributed by atoms with Gasteiger partial charge in [-0.25, -0.2) is 4.39 Å².